The van der Waals surface area contributed by atoms with Crippen molar-refractivity contribution in [2.24, 2.45) is 0 Å². The van der Waals surface area contributed by atoms with Crippen LogP contribution in [-0.4, -0.2) is 81.8 Å². The first kappa shape index (κ1) is 38.8. The van der Waals surface area contributed by atoms with Gasteiger partial charge >= 0.3 is 12.3 Å². The van der Waals surface area contributed by atoms with Crippen molar-refractivity contribution in [3.63, 3.8) is 0 Å². The first-order chi connectivity index (χ1) is 26.5. The highest BCUT2D eigenvalue weighted by atomic mass is 19.4. The highest BCUT2D eigenvalue weighted by molar-refractivity contribution is 6.05. The number of imidazole rings is 2. The number of amides is 2. The minimum absolute atomic E-state index is 0.0524. The van der Waals surface area contributed by atoms with E-state index in [0.29, 0.717) is 53.3 Å². The molecule has 0 saturated heterocycles. The third kappa shape index (κ3) is 9.44. The number of benzene rings is 4. The Labute approximate surface area is 316 Å². The molecule has 0 aliphatic rings. The molecular weight excluding hydrogens is 711 g/mol. The van der Waals surface area contributed by atoms with Gasteiger partial charge in [-0.3, -0.25) is 9.69 Å². The predicted octanol–water partition coefficient (Wildman–Crippen LogP) is 8.39. The van der Waals surface area contributed by atoms with E-state index < -0.39 is 24.9 Å². The molecule has 2 amide bonds. The van der Waals surface area contributed by atoms with Crippen LogP contribution < -0.4 is 10.1 Å². The van der Waals surface area contributed by atoms with Crippen molar-refractivity contribution in [1.29, 1.82) is 0 Å². The zero-order valence-electron chi connectivity index (χ0n) is 31.2. The Morgan fingerprint density at radius 1 is 0.891 bits per heavy atom. The molecule has 0 saturated carbocycles. The van der Waals surface area contributed by atoms with Gasteiger partial charge in [-0.15, -0.1) is 0 Å². The first-order valence-electron chi connectivity index (χ1n) is 18.1. The largest absolute Gasteiger partial charge is 0.483 e. The van der Waals surface area contributed by atoms with Gasteiger partial charge in [0, 0.05) is 23.1 Å². The fourth-order valence-electron chi connectivity index (χ4n) is 6.63. The molecule has 0 unspecified atom stereocenters. The minimum Gasteiger partial charge on any atom is -0.483 e. The van der Waals surface area contributed by atoms with E-state index in [9.17, 15) is 22.8 Å². The van der Waals surface area contributed by atoms with Gasteiger partial charge in [-0.2, -0.15) is 13.2 Å². The molecule has 0 bridgehead atoms. The first-order valence-corrected chi connectivity index (χ1v) is 18.1. The van der Waals surface area contributed by atoms with E-state index in [2.05, 4.69) is 39.1 Å². The number of H-pyrrole nitrogens is 2. The maximum absolute atomic E-state index is 13.8. The average Bonchev–Trinajstić information content (AvgIpc) is 3.82. The lowest BCUT2D eigenvalue weighted by Crippen LogP contribution is -2.43. The fraction of sp³-hybridized carbons (Fsp3) is 0.317. The van der Waals surface area contributed by atoms with Crippen molar-refractivity contribution in [2.45, 2.75) is 52.0 Å². The molecule has 55 heavy (non-hydrogen) atoms. The van der Waals surface area contributed by atoms with E-state index >= 15 is 0 Å². The number of rotatable bonds is 15. The van der Waals surface area contributed by atoms with Crippen LogP contribution in [0.2, 0.25) is 0 Å². The number of halogens is 3. The van der Waals surface area contributed by atoms with Gasteiger partial charge in [-0.05, 0) is 67.2 Å². The number of hydrogen-bond acceptors (Lipinski definition) is 7. The van der Waals surface area contributed by atoms with Crippen LogP contribution in [0.25, 0.3) is 44.2 Å². The van der Waals surface area contributed by atoms with Crippen molar-refractivity contribution in [1.82, 2.24) is 35.1 Å². The quantitative estimate of drug-likeness (QED) is 0.0961. The maximum Gasteiger partial charge on any atom is 0.422 e. The van der Waals surface area contributed by atoms with E-state index in [4.69, 9.17) is 14.5 Å². The van der Waals surface area contributed by atoms with Crippen LogP contribution in [0, 0.1) is 0 Å². The summed E-state index contributed by atoms with van der Waals surface area (Å²) in [5.74, 6) is 1.01. The van der Waals surface area contributed by atoms with Gasteiger partial charge in [0.15, 0.2) is 6.61 Å². The number of ether oxygens (including phenoxy) is 2. The summed E-state index contributed by atoms with van der Waals surface area (Å²) in [5.41, 5.74) is 4.58. The average molecular weight is 756 g/mol. The Bertz CT molecular complexity index is 2250. The molecule has 3 N–H and O–H groups in total. The number of hydrogen-bond donors (Lipinski definition) is 3. The van der Waals surface area contributed by atoms with Crippen molar-refractivity contribution in [2.75, 3.05) is 33.9 Å². The van der Waals surface area contributed by atoms with Crippen molar-refractivity contribution in [3.8, 4) is 28.1 Å². The molecule has 14 heteroatoms. The molecule has 4 aromatic carbocycles. The molecule has 2 aromatic heterocycles. The summed E-state index contributed by atoms with van der Waals surface area (Å²) < 4.78 is 50.6. The van der Waals surface area contributed by atoms with Gasteiger partial charge in [-0.25, -0.2) is 14.8 Å². The number of nitrogens with zero attached hydrogens (tertiary/aromatic N) is 4. The van der Waals surface area contributed by atoms with E-state index in [1.165, 1.54) is 7.11 Å². The Balaban J connectivity index is 1.28. The van der Waals surface area contributed by atoms with Crippen LogP contribution in [0.3, 0.4) is 0 Å². The summed E-state index contributed by atoms with van der Waals surface area (Å²) in [6.45, 7) is 4.70. The maximum atomic E-state index is 13.8. The smallest absolute Gasteiger partial charge is 0.422 e. The van der Waals surface area contributed by atoms with Crippen molar-refractivity contribution >= 4 is 33.8 Å². The molecule has 0 radical (unpaired) electrons. The normalized spacial score (nSPS) is 12.3. The molecule has 6 aromatic rings. The second-order valence-electron chi connectivity index (χ2n) is 13.4. The molecule has 0 spiro atoms. The molecule has 1 atom stereocenters. The Hall–Kier alpha value is -5.89. The fourth-order valence-corrected chi connectivity index (χ4v) is 6.63. The lowest BCUT2D eigenvalue weighted by molar-refractivity contribution is -0.153. The van der Waals surface area contributed by atoms with Crippen LogP contribution in [0.1, 0.15) is 49.9 Å². The number of aromatic amines is 2. The third-order valence-corrected chi connectivity index (χ3v) is 9.14. The van der Waals surface area contributed by atoms with Crippen LogP contribution in [-0.2, 0) is 22.6 Å². The molecule has 6 rings (SSSR count). The van der Waals surface area contributed by atoms with Gasteiger partial charge in [0.1, 0.15) is 23.4 Å². The Morgan fingerprint density at radius 2 is 1.65 bits per heavy atom. The van der Waals surface area contributed by atoms with Crippen LogP contribution in [0.4, 0.5) is 18.0 Å². The van der Waals surface area contributed by atoms with Crippen LogP contribution in [0.5, 0.6) is 5.75 Å². The topological polar surface area (TPSA) is 128 Å². The van der Waals surface area contributed by atoms with Gasteiger partial charge in [0.2, 0.25) is 5.91 Å². The molecular formula is C41H44F3N7O4. The summed E-state index contributed by atoms with van der Waals surface area (Å²) >= 11 is 0. The minimum atomic E-state index is -4.55. The third-order valence-electron chi connectivity index (χ3n) is 9.14. The lowest BCUT2D eigenvalue weighted by Gasteiger charge is -2.27. The summed E-state index contributed by atoms with van der Waals surface area (Å²) in [6, 6.07) is 22.6. The van der Waals surface area contributed by atoms with E-state index in [1.54, 1.807) is 53.6 Å². The van der Waals surface area contributed by atoms with Gasteiger partial charge in [-0.1, -0.05) is 68.4 Å². The second kappa shape index (κ2) is 17.1. The van der Waals surface area contributed by atoms with E-state index in [-0.39, 0.29) is 18.2 Å². The number of nitrogens with one attached hydrogen (secondary N) is 3. The molecule has 0 aliphatic carbocycles. The zero-order chi connectivity index (χ0) is 39.1. The number of methoxy groups -OCH3 is 1. The number of alkyl carbamates (subject to hydrolysis) is 1. The van der Waals surface area contributed by atoms with E-state index in [1.807, 2.05) is 43.3 Å². The number of carbonyl (C=O) groups is 2. The SMILES string of the molecule is CCCN(C)Cc1nc2ccc3cc(-c4ccc(-c5cnc(CN(CCC)C(=O)[C@H](NC(=O)OC)c6ccccc6)[nH]5)cc4OCC(F)(F)F)ccc3c2[nH]1. The van der Waals surface area contributed by atoms with E-state index in [0.717, 1.165) is 40.6 Å². The lowest BCUT2D eigenvalue weighted by atomic mass is 9.98. The van der Waals surface area contributed by atoms with Gasteiger partial charge in [0.05, 0.1) is 43.1 Å². The van der Waals surface area contributed by atoms with Crippen molar-refractivity contribution < 1.29 is 32.2 Å². The van der Waals surface area contributed by atoms with Crippen LogP contribution >= 0.6 is 0 Å². The highest BCUT2D eigenvalue weighted by Gasteiger charge is 2.30. The highest BCUT2D eigenvalue weighted by Crippen LogP contribution is 2.37. The molecule has 11 nitrogen and oxygen atoms in total. The van der Waals surface area contributed by atoms with Crippen LogP contribution in [0.15, 0.2) is 85.1 Å². The summed E-state index contributed by atoms with van der Waals surface area (Å²) in [6.07, 6.45) is -2.06. The molecule has 288 valence electrons. The number of carbonyl (C=O) groups excluding carboxylic acids is 2. The molecule has 0 aliphatic heterocycles. The monoisotopic (exact) mass is 755 g/mol. The van der Waals surface area contributed by atoms with Crippen molar-refractivity contribution in [3.05, 3.63) is 102 Å². The number of aromatic nitrogens is 4. The van der Waals surface area contributed by atoms with Gasteiger partial charge in [0.25, 0.3) is 0 Å². The Kier molecular flexibility index (Phi) is 12.0. The molecule has 2 heterocycles. The summed E-state index contributed by atoms with van der Waals surface area (Å²) in [5, 5.41) is 4.48. The second-order valence-corrected chi connectivity index (χ2v) is 13.4. The summed E-state index contributed by atoms with van der Waals surface area (Å²) in [4.78, 5) is 45.7. The number of alkyl halides is 3. The summed E-state index contributed by atoms with van der Waals surface area (Å²) in [7, 11) is 3.28. The zero-order valence-corrected chi connectivity index (χ0v) is 31.2. The molecule has 0 fully saturated rings. The number of fused-ring (bicyclic) bond motifs is 3. The predicted molar refractivity (Wildman–Crippen MR) is 205 cm³/mol. The standard InChI is InChI=1S/C41H44F3N7O4/c1-5-18-50(3)23-36-46-32-17-14-28-20-27(12-16-31(28)38(32)48-36)30-15-13-29(21-34(30)55-25-41(42,43)44)33-22-45-35(47-33)24-51(19-6-2)39(52)37(49-40(53)54-4)26-10-8-7-9-11-26/h7-17,20-22,37H,5-6,18-19,23-25H2,1-4H3,(H,45,47)(H,46,48)(H,49,53)/t37-/m1/s1. The van der Waals surface area contributed by atoms with Gasteiger partial charge < -0.3 is 29.7 Å². The Morgan fingerprint density at radius 3 is 2.38 bits per heavy atom.